The third-order valence-electron chi connectivity index (χ3n) is 3.83. The maximum Gasteiger partial charge on any atom is 0.129 e. The summed E-state index contributed by atoms with van der Waals surface area (Å²) in [4.78, 5) is 0. The first kappa shape index (κ1) is 11.6. The molecule has 1 fully saturated rings. The Morgan fingerprint density at radius 3 is 2.75 bits per heavy atom. The summed E-state index contributed by atoms with van der Waals surface area (Å²) >= 11 is 0. The van der Waals surface area contributed by atoms with E-state index in [0.29, 0.717) is 11.5 Å². The Kier molecular flexibility index (Phi) is 3.59. The molecular weight excluding hydrogens is 203 g/mol. The third kappa shape index (κ3) is 2.27. The van der Waals surface area contributed by atoms with E-state index in [9.17, 15) is 9.50 Å². The molecule has 1 aliphatic carbocycles. The van der Waals surface area contributed by atoms with Gasteiger partial charge in [0, 0.05) is 5.56 Å². The van der Waals surface area contributed by atoms with Crippen LogP contribution in [-0.2, 0) is 0 Å². The molecule has 0 saturated heterocycles. The molecule has 0 heterocycles. The minimum atomic E-state index is -0.627. The minimum Gasteiger partial charge on any atom is -0.388 e. The number of hydrogen-bond donors (Lipinski definition) is 1. The smallest absolute Gasteiger partial charge is 0.129 e. The second-order valence-electron chi connectivity index (χ2n) is 4.81. The highest BCUT2D eigenvalue weighted by molar-refractivity contribution is 5.20. The fourth-order valence-electron chi connectivity index (χ4n) is 2.74. The van der Waals surface area contributed by atoms with Gasteiger partial charge in [0.1, 0.15) is 5.82 Å². The second kappa shape index (κ2) is 4.96. The van der Waals surface area contributed by atoms with Crippen molar-refractivity contribution in [3.63, 3.8) is 0 Å². The van der Waals surface area contributed by atoms with Gasteiger partial charge in [-0.25, -0.2) is 4.39 Å². The summed E-state index contributed by atoms with van der Waals surface area (Å²) in [6, 6.07) is 6.56. The second-order valence-corrected chi connectivity index (χ2v) is 4.81. The monoisotopic (exact) mass is 222 g/mol. The van der Waals surface area contributed by atoms with Crippen LogP contribution in [0.15, 0.2) is 24.3 Å². The average molecular weight is 222 g/mol. The van der Waals surface area contributed by atoms with Crippen molar-refractivity contribution in [2.24, 2.45) is 11.8 Å². The Hall–Kier alpha value is -0.890. The van der Waals surface area contributed by atoms with Crippen LogP contribution >= 0.6 is 0 Å². The van der Waals surface area contributed by atoms with E-state index in [-0.39, 0.29) is 11.7 Å². The summed E-state index contributed by atoms with van der Waals surface area (Å²) in [7, 11) is 0. The van der Waals surface area contributed by atoms with Gasteiger partial charge in [-0.05, 0) is 30.7 Å². The van der Waals surface area contributed by atoms with Crippen molar-refractivity contribution >= 4 is 0 Å². The van der Waals surface area contributed by atoms with Crippen LogP contribution in [0.4, 0.5) is 4.39 Å². The largest absolute Gasteiger partial charge is 0.388 e. The van der Waals surface area contributed by atoms with Crippen molar-refractivity contribution in [3.05, 3.63) is 35.6 Å². The predicted octanol–water partition coefficient (Wildman–Crippen LogP) is 3.69. The fraction of sp³-hybridized carbons (Fsp3) is 0.571. The molecule has 1 N–H and O–H groups in total. The lowest BCUT2D eigenvalue weighted by Crippen LogP contribution is -2.11. The molecule has 1 aliphatic rings. The average Bonchev–Trinajstić information content (AvgIpc) is 2.77. The molecule has 0 radical (unpaired) electrons. The van der Waals surface area contributed by atoms with E-state index < -0.39 is 6.10 Å². The lowest BCUT2D eigenvalue weighted by atomic mass is 9.92. The van der Waals surface area contributed by atoms with E-state index in [2.05, 4.69) is 6.92 Å². The van der Waals surface area contributed by atoms with Crippen molar-refractivity contribution in [3.8, 4) is 0 Å². The van der Waals surface area contributed by atoms with Gasteiger partial charge in [-0.1, -0.05) is 38.0 Å². The van der Waals surface area contributed by atoms with E-state index in [1.54, 1.807) is 18.2 Å². The molecule has 0 aliphatic heterocycles. The number of benzene rings is 1. The Labute approximate surface area is 96.3 Å². The molecule has 0 aromatic heterocycles. The van der Waals surface area contributed by atoms with Crippen LogP contribution in [0.25, 0.3) is 0 Å². The Morgan fingerprint density at radius 1 is 1.38 bits per heavy atom. The van der Waals surface area contributed by atoms with E-state index in [1.807, 2.05) is 0 Å². The third-order valence-corrected chi connectivity index (χ3v) is 3.83. The normalized spacial score (nSPS) is 26.9. The number of hydrogen-bond acceptors (Lipinski definition) is 1. The first-order valence-corrected chi connectivity index (χ1v) is 6.14. The number of aliphatic hydroxyl groups is 1. The van der Waals surface area contributed by atoms with Gasteiger partial charge < -0.3 is 5.11 Å². The van der Waals surface area contributed by atoms with Crippen LogP contribution < -0.4 is 0 Å². The number of halogens is 1. The predicted molar refractivity (Wildman–Crippen MR) is 62.5 cm³/mol. The lowest BCUT2D eigenvalue weighted by molar-refractivity contribution is 0.105. The van der Waals surface area contributed by atoms with Crippen molar-refractivity contribution in [1.29, 1.82) is 0 Å². The summed E-state index contributed by atoms with van der Waals surface area (Å²) in [5.74, 6) is 0.670. The van der Waals surface area contributed by atoms with Crippen LogP contribution in [-0.4, -0.2) is 5.11 Å². The van der Waals surface area contributed by atoms with E-state index >= 15 is 0 Å². The molecule has 0 bridgehead atoms. The van der Waals surface area contributed by atoms with Gasteiger partial charge in [-0.2, -0.15) is 0 Å². The molecule has 1 aromatic rings. The number of rotatable bonds is 3. The Morgan fingerprint density at radius 2 is 2.12 bits per heavy atom. The summed E-state index contributed by atoms with van der Waals surface area (Å²) in [6.45, 7) is 2.18. The van der Waals surface area contributed by atoms with Crippen LogP contribution in [0.2, 0.25) is 0 Å². The van der Waals surface area contributed by atoms with Crippen molar-refractivity contribution in [1.82, 2.24) is 0 Å². The first-order valence-electron chi connectivity index (χ1n) is 6.14. The minimum absolute atomic E-state index is 0.238. The zero-order valence-corrected chi connectivity index (χ0v) is 9.70. The van der Waals surface area contributed by atoms with Gasteiger partial charge in [0.15, 0.2) is 0 Å². The zero-order chi connectivity index (χ0) is 11.5. The molecule has 0 amide bonds. The van der Waals surface area contributed by atoms with E-state index in [4.69, 9.17) is 0 Å². The van der Waals surface area contributed by atoms with Crippen LogP contribution in [0.5, 0.6) is 0 Å². The van der Waals surface area contributed by atoms with Crippen LogP contribution in [0, 0.1) is 17.7 Å². The maximum absolute atomic E-state index is 13.5. The summed E-state index contributed by atoms with van der Waals surface area (Å²) in [6.07, 6.45) is 3.77. The van der Waals surface area contributed by atoms with Gasteiger partial charge in [0.05, 0.1) is 6.10 Å². The van der Waals surface area contributed by atoms with Crippen LogP contribution in [0.1, 0.15) is 44.3 Å². The highest BCUT2D eigenvalue weighted by atomic mass is 19.1. The van der Waals surface area contributed by atoms with Gasteiger partial charge in [-0.3, -0.25) is 0 Å². The molecule has 3 unspecified atom stereocenters. The summed E-state index contributed by atoms with van der Waals surface area (Å²) in [5.41, 5.74) is 0.462. The highest BCUT2D eigenvalue weighted by Crippen LogP contribution is 2.40. The molecular formula is C14H19FO. The summed E-state index contributed by atoms with van der Waals surface area (Å²) < 4.78 is 13.5. The van der Waals surface area contributed by atoms with E-state index in [0.717, 1.165) is 12.8 Å². The Bertz CT molecular complexity index is 350. The van der Waals surface area contributed by atoms with Crippen LogP contribution in [0.3, 0.4) is 0 Å². The Balaban J connectivity index is 2.08. The SMILES string of the molecule is CCC1CCC(C(O)c2ccccc2F)C1. The molecule has 1 saturated carbocycles. The standard InChI is InChI=1S/C14H19FO/c1-2-10-7-8-11(9-10)14(16)12-5-3-4-6-13(12)15/h3-6,10-11,14,16H,2,7-9H2,1H3. The van der Waals surface area contributed by atoms with Crippen molar-refractivity contribution in [2.45, 2.75) is 38.7 Å². The van der Waals surface area contributed by atoms with Gasteiger partial charge >= 0.3 is 0 Å². The molecule has 1 nitrogen and oxygen atoms in total. The molecule has 0 spiro atoms. The lowest BCUT2D eigenvalue weighted by Gasteiger charge is -2.19. The quantitative estimate of drug-likeness (QED) is 0.827. The maximum atomic E-state index is 13.5. The topological polar surface area (TPSA) is 20.2 Å². The van der Waals surface area contributed by atoms with Gasteiger partial charge in [-0.15, -0.1) is 0 Å². The number of aliphatic hydroxyl groups excluding tert-OH is 1. The van der Waals surface area contributed by atoms with Gasteiger partial charge in [0.25, 0.3) is 0 Å². The highest BCUT2D eigenvalue weighted by Gasteiger charge is 2.30. The molecule has 1 aromatic carbocycles. The summed E-state index contributed by atoms with van der Waals surface area (Å²) in [5, 5.41) is 10.2. The first-order chi connectivity index (χ1) is 7.72. The zero-order valence-electron chi connectivity index (χ0n) is 9.70. The van der Waals surface area contributed by atoms with Gasteiger partial charge in [0.2, 0.25) is 0 Å². The molecule has 16 heavy (non-hydrogen) atoms. The van der Waals surface area contributed by atoms with Crippen molar-refractivity contribution in [2.75, 3.05) is 0 Å². The molecule has 88 valence electrons. The van der Waals surface area contributed by atoms with E-state index in [1.165, 1.54) is 18.9 Å². The fourth-order valence-corrected chi connectivity index (χ4v) is 2.74. The van der Waals surface area contributed by atoms with Crippen molar-refractivity contribution < 1.29 is 9.50 Å². The molecule has 2 rings (SSSR count). The molecule has 3 atom stereocenters. The molecule has 2 heteroatoms.